The Kier molecular flexibility index (Phi) is 6.45. The summed E-state index contributed by atoms with van der Waals surface area (Å²) >= 11 is 0. The van der Waals surface area contributed by atoms with Crippen molar-refractivity contribution < 1.29 is 4.74 Å². The molecule has 0 fully saturated rings. The van der Waals surface area contributed by atoms with Crippen molar-refractivity contribution in [1.82, 2.24) is 5.32 Å². The maximum absolute atomic E-state index is 5.83. The van der Waals surface area contributed by atoms with E-state index in [4.69, 9.17) is 4.74 Å². The van der Waals surface area contributed by atoms with Gasteiger partial charge >= 0.3 is 0 Å². The highest BCUT2D eigenvalue weighted by molar-refractivity contribution is 5.43. The summed E-state index contributed by atoms with van der Waals surface area (Å²) in [5.41, 5.74) is 3.71. The number of hydrogen-bond donors (Lipinski definition) is 1. The van der Waals surface area contributed by atoms with Crippen LogP contribution in [0.25, 0.3) is 0 Å². The van der Waals surface area contributed by atoms with Gasteiger partial charge in [-0.25, -0.2) is 0 Å². The lowest BCUT2D eigenvalue weighted by Crippen LogP contribution is -2.21. The molecule has 0 atom stereocenters. The third-order valence-corrected chi connectivity index (χ3v) is 2.88. The predicted octanol–water partition coefficient (Wildman–Crippen LogP) is 3.59. The Morgan fingerprint density at radius 1 is 1.21 bits per heavy atom. The first kappa shape index (κ1) is 15.6. The molecule has 0 aliphatic heterocycles. The van der Waals surface area contributed by atoms with Crippen LogP contribution in [0, 0.1) is 25.7 Å². The van der Waals surface area contributed by atoms with Crippen molar-refractivity contribution in [3.05, 3.63) is 28.8 Å². The van der Waals surface area contributed by atoms with E-state index in [0.29, 0.717) is 12.6 Å². The van der Waals surface area contributed by atoms with Gasteiger partial charge in [0, 0.05) is 19.0 Å². The molecule has 2 nitrogen and oxygen atoms in total. The average Bonchev–Trinajstić information content (AvgIpc) is 2.34. The molecule has 104 valence electrons. The van der Waals surface area contributed by atoms with Gasteiger partial charge in [0.1, 0.15) is 5.75 Å². The number of nitrogens with one attached hydrogen (secondary N) is 1. The lowest BCUT2D eigenvalue weighted by Gasteiger charge is -2.14. The minimum absolute atomic E-state index is 0.504. The van der Waals surface area contributed by atoms with Crippen molar-refractivity contribution in [2.75, 3.05) is 6.61 Å². The second-order valence-electron chi connectivity index (χ2n) is 5.12. The molecule has 0 amide bonds. The molecule has 19 heavy (non-hydrogen) atoms. The molecule has 0 saturated carbocycles. The largest absolute Gasteiger partial charge is 0.492 e. The molecule has 0 bridgehead atoms. The van der Waals surface area contributed by atoms with Crippen LogP contribution in [-0.2, 0) is 6.54 Å². The first-order chi connectivity index (χ1) is 9.04. The third-order valence-electron chi connectivity index (χ3n) is 2.88. The predicted molar refractivity (Wildman–Crippen MR) is 81.5 cm³/mol. The average molecular weight is 259 g/mol. The Morgan fingerprint density at radius 3 is 2.37 bits per heavy atom. The highest BCUT2D eigenvalue weighted by Crippen LogP contribution is 2.25. The molecule has 0 aromatic heterocycles. The van der Waals surface area contributed by atoms with Crippen molar-refractivity contribution in [1.29, 1.82) is 0 Å². The van der Waals surface area contributed by atoms with Crippen LogP contribution in [0.15, 0.2) is 12.1 Å². The normalized spacial score (nSPS) is 10.2. The van der Waals surface area contributed by atoms with Crippen LogP contribution in [0.2, 0.25) is 0 Å². The maximum Gasteiger partial charge on any atom is 0.125 e. The van der Waals surface area contributed by atoms with E-state index in [1.807, 2.05) is 6.92 Å². The fraction of sp³-hybridized carbons (Fsp3) is 0.529. The summed E-state index contributed by atoms with van der Waals surface area (Å²) in [6, 6.07) is 4.90. The molecular weight excluding hydrogens is 234 g/mol. The Labute approximate surface area is 117 Å². The fourth-order valence-electron chi connectivity index (χ4n) is 2.02. The molecule has 0 spiro atoms. The minimum atomic E-state index is 0.504. The minimum Gasteiger partial charge on any atom is -0.492 e. The number of hydrogen-bond acceptors (Lipinski definition) is 2. The van der Waals surface area contributed by atoms with Crippen LogP contribution in [-0.4, -0.2) is 12.6 Å². The van der Waals surface area contributed by atoms with Gasteiger partial charge in [-0.2, -0.15) is 0 Å². The van der Waals surface area contributed by atoms with Gasteiger partial charge in [0.15, 0.2) is 0 Å². The number of rotatable bonds is 6. The van der Waals surface area contributed by atoms with Gasteiger partial charge in [0.05, 0.1) is 6.61 Å². The summed E-state index contributed by atoms with van der Waals surface area (Å²) in [5, 5.41) is 3.44. The second-order valence-corrected chi connectivity index (χ2v) is 5.12. The Balaban J connectivity index is 2.70. The molecule has 1 N–H and O–H groups in total. The molecule has 0 heterocycles. The van der Waals surface area contributed by atoms with Crippen LogP contribution >= 0.6 is 0 Å². The molecule has 0 aliphatic rings. The summed E-state index contributed by atoms with van der Waals surface area (Å²) < 4.78 is 5.83. The van der Waals surface area contributed by atoms with Crippen LogP contribution in [0.5, 0.6) is 5.75 Å². The van der Waals surface area contributed by atoms with Crippen LogP contribution < -0.4 is 10.1 Å². The summed E-state index contributed by atoms with van der Waals surface area (Å²) in [6.07, 6.45) is 0.784. The van der Waals surface area contributed by atoms with Crippen LogP contribution in [0.1, 0.15) is 43.9 Å². The van der Waals surface area contributed by atoms with Gasteiger partial charge in [0.25, 0.3) is 0 Å². The molecule has 0 unspecified atom stereocenters. The van der Waals surface area contributed by atoms with E-state index < -0.39 is 0 Å². The highest BCUT2D eigenvalue weighted by atomic mass is 16.5. The topological polar surface area (TPSA) is 21.3 Å². The number of benzene rings is 1. The number of ether oxygens (including phenoxy) is 1. The first-order valence-electron chi connectivity index (χ1n) is 6.90. The molecule has 1 aromatic rings. The monoisotopic (exact) mass is 259 g/mol. The zero-order chi connectivity index (χ0) is 14.3. The van der Waals surface area contributed by atoms with Crippen molar-refractivity contribution in [3.63, 3.8) is 0 Å². The van der Waals surface area contributed by atoms with Gasteiger partial charge in [-0.05, 0) is 37.5 Å². The SMILES string of the molecule is CC#CCCOc1c(C)cc(CNC(C)C)cc1C. The van der Waals surface area contributed by atoms with Gasteiger partial charge in [-0.15, -0.1) is 11.8 Å². The molecule has 2 heteroatoms. The first-order valence-corrected chi connectivity index (χ1v) is 6.90. The van der Waals surface area contributed by atoms with Gasteiger partial charge in [0.2, 0.25) is 0 Å². The standard InChI is InChI=1S/C17H25NO/c1-6-7-8-9-19-17-14(4)10-16(11-15(17)5)12-18-13(2)3/h10-11,13,18H,8-9,12H2,1-5H3. The van der Waals surface area contributed by atoms with Crippen molar-refractivity contribution >= 4 is 0 Å². The quantitative estimate of drug-likeness (QED) is 0.622. The van der Waals surface area contributed by atoms with Crippen LogP contribution in [0.3, 0.4) is 0 Å². The van der Waals surface area contributed by atoms with E-state index in [1.165, 1.54) is 16.7 Å². The molecule has 0 saturated heterocycles. The van der Waals surface area contributed by atoms with Crippen LogP contribution in [0.4, 0.5) is 0 Å². The molecule has 0 radical (unpaired) electrons. The zero-order valence-corrected chi connectivity index (χ0v) is 12.8. The van der Waals surface area contributed by atoms with Crippen molar-refractivity contribution in [2.45, 2.75) is 53.6 Å². The van der Waals surface area contributed by atoms with Crippen molar-refractivity contribution in [2.24, 2.45) is 0 Å². The smallest absolute Gasteiger partial charge is 0.125 e. The lowest BCUT2D eigenvalue weighted by atomic mass is 10.1. The summed E-state index contributed by atoms with van der Waals surface area (Å²) in [4.78, 5) is 0. The molecule has 1 rings (SSSR count). The fourth-order valence-corrected chi connectivity index (χ4v) is 2.02. The van der Waals surface area contributed by atoms with E-state index >= 15 is 0 Å². The molecule has 0 aliphatic carbocycles. The zero-order valence-electron chi connectivity index (χ0n) is 12.8. The van der Waals surface area contributed by atoms with Gasteiger partial charge < -0.3 is 10.1 Å². The van der Waals surface area contributed by atoms with E-state index in [2.05, 4.69) is 57.0 Å². The Hall–Kier alpha value is -1.46. The second kappa shape index (κ2) is 7.86. The van der Waals surface area contributed by atoms with E-state index in [1.54, 1.807) is 0 Å². The highest BCUT2D eigenvalue weighted by Gasteiger charge is 2.06. The van der Waals surface area contributed by atoms with Gasteiger partial charge in [-0.3, -0.25) is 0 Å². The molecule has 1 aromatic carbocycles. The number of aryl methyl sites for hydroxylation is 2. The van der Waals surface area contributed by atoms with E-state index in [9.17, 15) is 0 Å². The summed E-state index contributed by atoms with van der Waals surface area (Å²) in [7, 11) is 0. The maximum atomic E-state index is 5.83. The van der Waals surface area contributed by atoms with E-state index in [-0.39, 0.29) is 0 Å². The Bertz CT molecular complexity index is 443. The third kappa shape index (κ3) is 5.36. The van der Waals surface area contributed by atoms with Gasteiger partial charge in [-0.1, -0.05) is 26.0 Å². The van der Waals surface area contributed by atoms with Crippen molar-refractivity contribution in [3.8, 4) is 17.6 Å². The summed E-state index contributed by atoms with van der Waals surface area (Å²) in [6.45, 7) is 11.9. The molecular formula is C17H25NO. The Morgan fingerprint density at radius 2 is 1.84 bits per heavy atom. The van der Waals surface area contributed by atoms with E-state index in [0.717, 1.165) is 18.7 Å². The summed E-state index contributed by atoms with van der Waals surface area (Å²) in [5.74, 6) is 6.90. The lowest BCUT2D eigenvalue weighted by molar-refractivity contribution is 0.322.